The van der Waals surface area contributed by atoms with E-state index in [2.05, 4.69) is 22.4 Å². The zero-order valence-electron chi connectivity index (χ0n) is 9.51. The Labute approximate surface area is 105 Å². The number of aromatic nitrogens is 2. The van der Waals surface area contributed by atoms with Crippen molar-refractivity contribution in [2.75, 3.05) is 5.32 Å². The van der Waals surface area contributed by atoms with Crippen molar-refractivity contribution in [2.24, 2.45) is 17.1 Å². The van der Waals surface area contributed by atoms with Crippen LogP contribution in [0.5, 0.6) is 0 Å². The second-order valence-corrected chi connectivity index (χ2v) is 4.96. The molecule has 0 aliphatic heterocycles. The van der Waals surface area contributed by atoms with Crippen LogP contribution in [-0.4, -0.2) is 21.1 Å². The number of carbonyl (C=O) groups is 1. The molecule has 90 valence electrons. The number of amides is 1. The summed E-state index contributed by atoms with van der Waals surface area (Å²) in [5.74, 6) is 0.723. The van der Waals surface area contributed by atoms with Gasteiger partial charge in [-0.05, 0) is 30.9 Å². The Balaban J connectivity index is 2.12. The molecule has 0 bridgehead atoms. The highest BCUT2D eigenvalue weighted by molar-refractivity contribution is 7.80. The number of nitrogens with zero attached hydrogens (tertiary/aromatic N) is 2. The molecule has 0 atom stereocenters. The number of hydrogen-bond acceptors (Lipinski definition) is 4. The highest BCUT2D eigenvalue weighted by Crippen LogP contribution is 2.46. The third-order valence-corrected chi connectivity index (χ3v) is 3.50. The molecule has 3 N–H and O–H groups in total. The predicted molar refractivity (Wildman–Crippen MR) is 68.3 cm³/mol. The zero-order chi connectivity index (χ0) is 12.5. The van der Waals surface area contributed by atoms with Crippen molar-refractivity contribution in [3.8, 4) is 0 Å². The van der Waals surface area contributed by atoms with Crippen LogP contribution >= 0.6 is 12.2 Å². The van der Waals surface area contributed by atoms with Gasteiger partial charge in [0.2, 0.25) is 5.91 Å². The van der Waals surface area contributed by atoms with Crippen LogP contribution in [0.15, 0.2) is 18.3 Å². The Kier molecular flexibility index (Phi) is 3.06. The van der Waals surface area contributed by atoms with E-state index in [-0.39, 0.29) is 10.9 Å². The van der Waals surface area contributed by atoms with Gasteiger partial charge in [0.1, 0.15) is 0 Å². The van der Waals surface area contributed by atoms with Crippen LogP contribution in [0, 0.1) is 11.3 Å². The lowest BCUT2D eigenvalue weighted by molar-refractivity contribution is -0.127. The van der Waals surface area contributed by atoms with Crippen LogP contribution < -0.4 is 11.1 Å². The number of carbonyl (C=O) groups excluding carboxylic acids is 1. The molecule has 0 unspecified atom stereocenters. The average molecular weight is 250 g/mol. The van der Waals surface area contributed by atoms with Crippen molar-refractivity contribution >= 4 is 28.9 Å². The number of rotatable bonds is 3. The van der Waals surface area contributed by atoms with Gasteiger partial charge in [0.15, 0.2) is 5.82 Å². The Morgan fingerprint density at radius 2 is 2.35 bits per heavy atom. The first-order chi connectivity index (χ1) is 8.04. The largest absolute Gasteiger partial charge is 0.392 e. The van der Waals surface area contributed by atoms with Crippen LogP contribution in [0.4, 0.5) is 5.82 Å². The van der Waals surface area contributed by atoms with Crippen molar-refractivity contribution in [1.29, 1.82) is 0 Å². The lowest BCUT2D eigenvalue weighted by Gasteiger charge is -2.43. The second kappa shape index (κ2) is 4.37. The molecular formula is C11H14N4OS. The second-order valence-electron chi connectivity index (χ2n) is 4.52. The molecule has 0 saturated heterocycles. The summed E-state index contributed by atoms with van der Waals surface area (Å²) in [7, 11) is 0. The Hall–Kier alpha value is -1.56. The minimum Gasteiger partial charge on any atom is -0.392 e. The summed E-state index contributed by atoms with van der Waals surface area (Å²) in [5.41, 5.74) is 4.98. The SMILES string of the molecule is CC1CC(C(=O)Nc2cccnn2)(C(N)=S)C1. The molecule has 1 amide bonds. The van der Waals surface area contributed by atoms with Crippen molar-refractivity contribution < 1.29 is 4.79 Å². The van der Waals surface area contributed by atoms with E-state index in [1.807, 2.05) is 0 Å². The first-order valence-corrected chi connectivity index (χ1v) is 5.84. The number of hydrogen-bond donors (Lipinski definition) is 2. The molecule has 1 aromatic rings. The molecule has 0 radical (unpaired) electrons. The smallest absolute Gasteiger partial charge is 0.238 e. The molecular weight excluding hydrogens is 236 g/mol. The molecule has 5 nitrogen and oxygen atoms in total. The number of anilines is 1. The lowest BCUT2D eigenvalue weighted by atomic mass is 9.62. The van der Waals surface area contributed by atoms with Crippen LogP contribution in [0.2, 0.25) is 0 Å². The summed E-state index contributed by atoms with van der Waals surface area (Å²) >= 11 is 5.01. The Bertz CT molecular complexity index is 442. The highest BCUT2D eigenvalue weighted by atomic mass is 32.1. The zero-order valence-corrected chi connectivity index (χ0v) is 10.3. The molecule has 1 saturated carbocycles. The van der Waals surface area contributed by atoms with E-state index >= 15 is 0 Å². The molecule has 17 heavy (non-hydrogen) atoms. The third kappa shape index (κ3) is 2.12. The summed E-state index contributed by atoms with van der Waals surface area (Å²) in [6.45, 7) is 2.08. The highest BCUT2D eigenvalue weighted by Gasteiger charge is 2.50. The van der Waals surface area contributed by atoms with Crippen LogP contribution in [0.25, 0.3) is 0 Å². The molecule has 0 aromatic carbocycles. The maximum absolute atomic E-state index is 12.2. The van der Waals surface area contributed by atoms with Crippen molar-refractivity contribution in [3.05, 3.63) is 18.3 Å². The quantitative estimate of drug-likeness (QED) is 0.786. The molecule has 1 aliphatic rings. The standard InChI is InChI=1S/C11H14N4OS/c1-7-5-11(6-7,9(12)17)10(16)14-8-3-2-4-13-15-8/h2-4,7H,5-6H2,1H3,(H2,12,17)(H,14,15,16). The van der Waals surface area contributed by atoms with Gasteiger partial charge in [0.25, 0.3) is 0 Å². The number of thiocarbonyl (C=S) groups is 1. The van der Waals surface area contributed by atoms with Gasteiger partial charge in [0, 0.05) is 6.20 Å². The van der Waals surface area contributed by atoms with Crippen molar-refractivity contribution in [3.63, 3.8) is 0 Å². The van der Waals surface area contributed by atoms with Crippen LogP contribution in [0.1, 0.15) is 19.8 Å². The van der Waals surface area contributed by atoms with Crippen LogP contribution in [0.3, 0.4) is 0 Å². The number of nitrogens with one attached hydrogen (secondary N) is 1. The van der Waals surface area contributed by atoms with E-state index in [1.165, 1.54) is 0 Å². The molecule has 1 heterocycles. The van der Waals surface area contributed by atoms with E-state index in [1.54, 1.807) is 18.3 Å². The third-order valence-electron chi connectivity index (χ3n) is 3.11. The molecule has 1 aliphatic carbocycles. The van der Waals surface area contributed by atoms with Gasteiger partial charge in [-0.3, -0.25) is 4.79 Å². The fourth-order valence-corrected chi connectivity index (χ4v) is 2.49. The minimum absolute atomic E-state index is 0.177. The van der Waals surface area contributed by atoms with E-state index in [0.29, 0.717) is 24.6 Å². The first-order valence-electron chi connectivity index (χ1n) is 5.44. The number of nitrogens with two attached hydrogens (primary N) is 1. The average Bonchev–Trinajstić information content (AvgIpc) is 2.25. The molecule has 0 spiro atoms. The minimum atomic E-state index is -0.702. The summed E-state index contributed by atoms with van der Waals surface area (Å²) in [6.07, 6.45) is 2.95. The lowest BCUT2D eigenvalue weighted by Crippen LogP contribution is -2.53. The summed E-state index contributed by atoms with van der Waals surface area (Å²) in [5, 5.41) is 10.2. The summed E-state index contributed by atoms with van der Waals surface area (Å²) < 4.78 is 0. The Morgan fingerprint density at radius 1 is 1.65 bits per heavy atom. The molecule has 1 aromatic heterocycles. The summed E-state index contributed by atoms with van der Waals surface area (Å²) in [4.78, 5) is 12.4. The maximum atomic E-state index is 12.2. The van der Waals surface area contributed by atoms with Crippen molar-refractivity contribution in [1.82, 2.24) is 10.2 Å². The normalized spacial score (nSPS) is 27.0. The molecule has 1 fully saturated rings. The van der Waals surface area contributed by atoms with E-state index in [4.69, 9.17) is 18.0 Å². The van der Waals surface area contributed by atoms with E-state index in [0.717, 1.165) is 0 Å². The van der Waals surface area contributed by atoms with Gasteiger partial charge >= 0.3 is 0 Å². The molecule has 6 heteroatoms. The van der Waals surface area contributed by atoms with Gasteiger partial charge in [-0.1, -0.05) is 19.1 Å². The predicted octanol–water partition coefficient (Wildman–Crippen LogP) is 1.12. The maximum Gasteiger partial charge on any atom is 0.238 e. The van der Waals surface area contributed by atoms with Gasteiger partial charge in [0.05, 0.1) is 10.4 Å². The first kappa shape index (κ1) is 11.9. The van der Waals surface area contributed by atoms with Gasteiger partial charge in [-0.25, -0.2) is 0 Å². The molecule has 2 rings (SSSR count). The van der Waals surface area contributed by atoms with E-state index in [9.17, 15) is 4.79 Å². The fourth-order valence-electron chi connectivity index (χ4n) is 2.23. The van der Waals surface area contributed by atoms with Gasteiger partial charge in [-0.15, -0.1) is 5.10 Å². The van der Waals surface area contributed by atoms with Crippen LogP contribution in [-0.2, 0) is 4.79 Å². The van der Waals surface area contributed by atoms with E-state index < -0.39 is 5.41 Å². The monoisotopic (exact) mass is 250 g/mol. The van der Waals surface area contributed by atoms with Gasteiger partial charge in [-0.2, -0.15) is 5.10 Å². The Morgan fingerprint density at radius 3 is 2.82 bits per heavy atom. The van der Waals surface area contributed by atoms with Crippen molar-refractivity contribution in [2.45, 2.75) is 19.8 Å². The fraction of sp³-hybridized carbons (Fsp3) is 0.455. The summed E-state index contributed by atoms with van der Waals surface area (Å²) in [6, 6.07) is 3.39. The van der Waals surface area contributed by atoms with Gasteiger partial charge < -0.3 is 11.1 Å². The topological polar surface area (TPSA) is 80.9 Å².